The third kappa shape index (κ3) is 6.87. The summed E-state index contributed by atoms with van der Waals surface area (Å²) in [6.07, 6.45) is 4.14. The maximum atomic E-state index is 12.8. The van der Waals surface area contributed by atoms with Crippen molar-refractivity contribution in [2.75, 3.05) is 56.6 Å². The average molecular weight is 553 g/mol. The van der Waals surface area contributed by atoms with E-state index in [1.165, 1.54) is 11.1 Å². The van der Waals surface area contributed by atoms with Gasteiger partial charge in [-0.25, -0.2) is 4.98 Å². The molecule has 10 nitrogen and oxygen atoms in total. The van der Waals surface area contributed by atoms with Crippen LogP contribution in [0.4, 0.5) is 23.3 Å². The van der Waals surface area contributed by atoms with Gasteiger partial charge in [0.25, 0.3) is 0 Å². The molecule has 2 saturated heterocycles. The van der Waals surface area contributed by atoms with Gasteiger partial charge in [-0.3, -0.25) is 14.8 Å². The Morgan fingerprint density at radius 2 is 1.85 bits per heavy atom. The van der Waals surface area contributed by atoms with Crippen molar-refractivity contribution < 1.29 is 9.53 Å². The van der Waals surface area contributed by atoms with E-state index >= 15 is 0 Å². The van der Waals surface area contributed by atoms with Crippen molar-refractivity contribution in [1.82, 2.24) is 30.0 Å². The number of benzene rings is 1. The number of hydrogen-bond donors (Lipinski definition) is 3. The fraction of sp³-hybridized carbons (Fsp3) is 0.500. The minimum Gasteiger partial charge on any atom is -0.379 e. The minimum absolute atomic E-state index is 0.270. The minimum atomic E-state index is 0.270. The van der Waals surface area contributed by atoms with Gasteiger partial charge in [-0.2, -0.15) is 10.1 Å². The van der Waals surface area contributed by atoms with E-state index in [1.54, 1.807) is 6.20 Å². The Morgan fingerprint density at radius 1 is 1.08 bits per heavy atom. The van der Waals surface area contributed by atoms with Crippen LogP contribution in [0.1, 0.15) is 47.6 Å². The highest BCUT2D eigenvalue weighted by atomic mass is 35.5. The zero-order valence-electron chi connectivity index (χ0n) is 22.9. The van der Waals surface area contributed by atoms with Gasteiger partial charge in [-0.05, 0) is 62.3 Å². The predicted octanol–water partition coefficient (Wildman–Crippen LogP) is 4.69. The highest BCUT2D eigenvalue weighted by Crippen LogP contribution is 2.34. The van der Waals surface area contributed by atoms with Crippen molar-refractivity contribution in [3.8, 4) is 0 Å². The fourth-order valence-electron chi connectivity index (χ4n) is 5.33. The Hall–Kier alpha value is -3.21. The third-order valence-corrected chi connectivity index (χ3v) is 7.87. The largest absolute Gasteiger partial charge is 0.379 e. The molecular weight excluding hydrogens is 516 g/mol. The molecule has 4 heterocycles. The number of nitrogens with one attached hydrogen (secondary N) is 3. The van der Waals surface area contributed by atoms with Gasteiger partial charge >= 0.3 is 0 Å². The number of piperidine rings is 1. The summed E-state index contributed by atoms with van der Waals surface area (Å²) in [4.78, 5) is 26.1. The monoisotopic (exact) mass is 552 g/mol. The van der Waals surface area contributed by atoms with Crippen molar-refractivity contribution in [2.45, 2.75) is 46.0 Å². The van der Waals surface area contributed by atoms with E-state index in [0.29, 0.717) is 34.9 Å². The van der Waals surface area contributed by atoms with E-state index in [4.69, 9.17) is 16.3 Å². The summed E-state index contributed by atoms with van der Waals surface area (Å²) in [7, 11) is 0. The molecule has 39 heavy (non-hydrogen) atoms. The Morgan fingerprint density at radius 3 is 2.56 bits per heavy atom. The second kappa shape index (κ2) is 12.3. The van der Waals surface area contributed by atoms with Gasteiger partial charge in [0.2, 0.25) is 11.9 Å². The van der Waals surface area contributed by atoms with E-state index in [0.717, 1.165) is 75.7 Å². The number of halogens is 1. The van der Waals surface area contributed by atoms with Gasteiger partial charge in [0.15, 0.2) is 11.6 Å². The molecule has 2 fully saturated rings. The van der Waals surface area contributed by atoms with Crippen LogP contribution in [0.5, 0.6) is 0 Å². The van der Waals surface area contributed by atoms with Crippen LogP contribution in [0.2, 0.25) is 5.02 Å². The number of rotatable bonds is 8. The Kier molecular flexibility index (Phi) is 8.64. The van der Waals surface area contributed by atoms with Crippen LogP contribution in [0.15, 0.2) is 24.4 Å². The van der Waals surface area contributed by atoms with Crippen molar-refractivity contribution in [3.05, 3.63) is 51.8 Å². The molecule has 0 unspecified atom stereocenters. The van der Waals surface area contributed by atoms with Crippen LogP contribution < -0.4 is 10.6 Å². The number of aromatic amines is 1. The molecule has 0 spiro atoms. The number of carbonyl (C=O) groups is 1. The lowest BCUT2D eigenvalue weighted by Crippen LogP contribution is -2.42. The molecule has 2 aliphatic heterocycles. The SMILES string of the molecule is Cc1cc(Nc2nc(Nc3cc(C)c(C4CCN(C(=O)CCN5CCOCC5)CC4)cc3C)ncc2Cl)n[nH]1. The lowest BCUT2D eigenvalue weighted by molar-refractivity contribution is -0.132. The summed E-state index contributed by atoms with van der Waals surface area (Å²) >= 11 is 6.32. The zero-order chi connectivity index (χ0) is 27.4. The highest BCUT2D eigenvalue weighted by molar-refractivity contribution is 6.32. The standard InChI is InChI=1S/C28H37ClN8O2/c1-18-15-24(31-28-30-17-23(29)27(33-28)32-25-16-20(3)34-35-25)19(2)14-22(18)21-4-8-37(9-5-21)26(38)6-7-36-10-12-39-13-11-36/h14-17,21H,4-13H2,1-3H3,(H3,30,31,32,33,34,35). The van der Waals surface area contributed by atoms with Gasteiger partial charge in [0, 0.05) is 56.6 Å². The summed E-state index contributed by atoms with van der Waals surface area (Å²) < 4.78 is 5.40. The molecule has 1 aromatic carbocycles. The molecule has 3 N–H and O–H groups in total. The third-order valence-electron chi connectivity index (χ3n) is 7.59. The number of ether oxygens (including phenoxy) is 1. The number of anilines is 4. The molecule has 5 rings (SSSR count). The van der Waals surface area contributed by atoms with Crippen molar-refractivity contribution in [3.63, 3.8) is 0 Å². The maximum Gasteiger partial charge on any atom is 0.229 e. The lowest BCUT2D eigenvalue weighted by atomic mass is 9.85. The van der Waals surface area contributed by atoms with Crippen LogP contribution in [0.25, 0.3) is 0 Å². The first-order valence-corrected chi connectivity index (χ1v) is 14.0. The molecule has 1 amide bonds. The van der Waals surface area contributed by atoms with E-state index < -0.39 is 0 Å². The molecule has 208 valence electrons. The Labute approximate surface area is 234 Å². The number of aromatic nitrogens is 4. The number of amides is 1. The molecular formula is C28H37ClN8O2. The quantitative estimate of drug-likeness (QED) is 0.369. The van der Waals surface area contributed by atoms with Crippen LogP contribution in [0.3, 0.4) is 0 Å². The molecule has 0 aliphatic carbocycles. The normalized spacial score (nSPS) is 16.9. The van der Waals surface area contributed by atoms with Gasteiger partial charge < -0.3 is 20.3 Å². The number of carbonyl (C=O) groups excluding carboxylic acids is 1. The molecule has 0 saturated carbocycles. The van der Waals surface area contributed by atoms with E-state index in [1.807, 2.05) is 17.9 Å². The second-order valence-electron chi connectivity index (χ2n) is 10.5. The smallest absolute Gasteiger partial charge is 0.229 e. The van der Waals surface area contributed by atoms with Gasteiger partial charge in [-0.15, -0.1) is 0 Å². The molecule has 0 atom stereocenters. The number of hydrogen-bond acceptors (Lipinski definition) is 8. The first-order chi connectivity index (χ1) is 18.9. The first kappa shape index (κ1) is 27.4. The molecule has 0 bridgehead atoms. The maximum absolute atomic E-state index is 12.8. The average Bonchev–Trinajstić information content (AvgIpc) is 3.36. The summed E-state index contributed by atoms with van der Waals surface area (Å²) in [5, 5.41) is 14.0. The number of H-pyrrole nitrogens is 1. The lowest BCUT2D eigenvalue weighted by Gasteiger charge is -2.34. The van der Waals surface area contributed by atoms with Gasteiger partial charge in [0.1, 0.15) is 5.02 Å². The summed E-state index contributed by atoms with van der Waals surface area (Å²) in [6, 6.07) is 6.30. The fourth-order valence-corrected chi connectivity index (χ4v) is 5.47. The van der Waals surface area contributed by atoms with Crippen LogP contribution in [-0.4, -0.2) is 81.8 Å². The van der Waals surface area contributed by atoms with Crippen LogP contribution in [0, 0.1) is 20.8 Å². The Bertz CT molecular complexity index is 1300. The molecule has 0 radical (unpaired) electrons. The summed E-state index contributed by atoms with van der Waals surface area (Å²) in [5.74, 6) is 2.29. The van der Waals surface area contributed by atoms with Crippen molar-refractivity contribution >= 4 is 40.8 Å². The van der Waals surface area contributed by atoms with Crippen LogP contribution >= 0.6 is 11.6 Å². The highest BCUT2D eigenvalue weighted by Gasteiger charge is 2.25. The molecule has 2 aromatic heterocycles. The topological polar surface area (TPSA) is 111 Å². The molecule has 11 heteroatoms. The Balaban J connectivity index is 1.19. The molecule has 2 aliphatic rings. The molecule has 3 aromatic rings. The number of nitrogens with zero attached hydrogens (tertiary/aromatic N) is 5. The van der Waals surface area contributed by atoms with Crippen molar-refractivity contribution in [1.29, 1.82) is 0 Å². The van der Waals surface area contributed by atoms with E-state index in [2.05, 4.69) is 61.7 Å². The second-order valence-corrected chi connectivity index (χ2v) is 10.9. The summed E-state index contributed by atoms with van der Waals surface area (Å²) in [5.41, 5.74) is 5.59. The first-order valence-electron chi connectivity index (χ1n) is 13.6. The van der Waals surface area contributed by atoms with Crippen LogP contribution in [-0.2, 0) is 9.53 Å². The van der Waals surface area contributed by atoms with Gasteiger partial charge in [0.05, 0.1) is 19.4 Å². The van der Waals surface area contributed by atoms with Gasteiger partial charge in [-0.1, -0.05) is 17.7 Å². The van der Waals surface area contributed by atoms with E-state index in [9.17, 15) is 4.79 Å². The summed E-state index contributed by atoms with van der Waals surface area (Å²) in [6.45, 7) is 12.0. The number of aryl methyl sites for hydroxylation is 3. The number of likely N-dealkylation sites (tertiary alicyclic amines) is 1. The zero-order valence-corrected chi connectivity index (χ0v) is 23.6. The van der Waals surface area contributed by atoms with E-state index in [-0.39, 0.29) is 5.91 Å². The predicted molar refractivity (Wildman–Crippen MR) is 153 cm³/mol. The number of morpholine rings is 1. The van der Waals surface area contributed by atoms with Crippen molar-refractivity contribution in [2.24, 2.45) is 0 Å².